The molecule has 1 aliphatic heterocycles. The molecule has 0 atom stereocenters. The summed E-state index contributed by atoms with van der Waals surface area (Å²) in [5, 5.41) is 46.9. The van der Waals surface area contributed by atoms with Crippen molar-refractivity contribution < 1.29 is 19.9 Å². The van der Waals surface area contributed by atoms with E-state index in [2.05, 4.69) is 10.6 Å². The van der Waals surface area contributed by atoms with Gasteiger partial charge in [-0.25, -0.2) is 20.2 Å². The second-order valence-electron chi connectivity index (χ2n) is 4.76. The second-order valence-corrected chi connectivity index (χ2v) is 4.76. The van der Waals surface area contributed by atoms with Crippen molar-refractivity contribution in [1.82, 2.24) is 20.7 Å². The lowest BCUT2D eigenvalue weighted by Gasteiger charge is -2.26. The maximum absolute atomic E-state index is 11.4. The lowest BCUT2D eigenvalue weighted by Crippen LogP contribution is -2.74. The van der Waals surface area contributed by atoms with Gasteiger partial charge in [-0.3, -0.25) is 25.5 Å². The quantitative estimate of drug-likeness (QED) is 0.334. The average molecular weight is 352 g/mol. The van der Waals surface area contributed by atoms with E-state index >= 15 is 0 Å². The van der Waals surface area contributed by atoms with Gasteiger partial charge in [0.05, 0.1) is 11.6 Å². The van der Waals surface area contributed by atoms with Crippen LogP contribution in [0.25, 0.3) is 0 Å². The first-order valence-electron chi connectivity index (χ1n) is 6.80. The van der Waals surface area contributed by atoms with Crippen molar-refractivity contribution in [3.63, 3.8) is 0 Å². The van der Waals surface area contributed by atoms with E-state index in [0.717, 1.165) is 0 Å². The number of hydrogen-bond donors (Lipinski definition) is 2. The van der Waals surface area contributed by atoms with Gasteiger partial charge in [-0.15, -0.1) is 0 Å². The van der Waals surface area contributed by atoms with E-state index in [1.54, 1.807) is 0 Å². The number of rotatable bonds is 4. The van der Waals surface area contributed by atoms with Crippen LogP contribution in [0.3, 0.4) is 0 Å². The predicted molar refractivity (Wildman–Crippen MR) is 74.0 cm³/mol. The summed E-state index contributed by atoms with van der Waals surface area (Å²) in [5.41, 5.74) is 0. The van der Waals surface area contributed by atoms with E-state index in [-0.39, 0.29) is 18.1 Å². The summed E-state index contributed by atoms with van der Waals surface area (Å²) in [7, 11) is 0. The molecule has 1 fully saturated rings. The predicted octanol–water partition coefficient (Wildman–Crippen LogP) is -1.58. The van der Waals surface area contributed by atoms with Crippen LogP contribution in [0.4, 0.5) is 0 Å². The second kappa shape index (κ2) is 8.11. The van der Waals surface area contributed by atoms with Gasteiger partial charge in [0.2, 0.25) is 0 Å². The molecule has 1 saturated heterocycles. The van der Waals surface area contributed by atoms with Crippen LogP contribution in [0.1, 0.15) is 19.3 Å². The van der Waals surface area contributed by atoms with Crippen molar-refractivity contribution in [2.24, 2.45) is 0 Å². The minimum absolute atomic E-state index is 0.0189. The van der Waals surface area contributed by atoms with Gasteiger partial charge in [0.15, 0.2) is 19.9 Å². The normalized spacial score (nSPS) is 19.7. The molecule has 0 amide bonds. The van der Waals surface area contributed by atoms with Gasteiger partial charge in [-0.2, -0.15) is 0 Å². The summed E-state index contributed by atoms with van der Waals surface area (Å²) >= 11 is 0. The van der Waals surface area contributed by atoms with Crippen LogP contribution in [0.5, 0.6) is 0 Å². The van der Waals surface area contributed by atoms with Crippen molar-refractivity contribution in [1.29, 1.82) is 0 Å². The molecule has 0 unspecified atom stereocenters. The van der Waals surface area contributed by atoms with Gasteiger partial charge in [-0.1, -0.05) is 6.42 Å². The average Bonchev–Trinajstić information content (AvgIpc) is 2.46. The van der Waals surface area contributed by atoms with Gasteiger partial charge in [0.1, 0.15) is 6.67 Å². The molecule has 24 heavy (non-hydrogen) atoms. The molecule has 1 rings (SSSR count). The molecule has 0 bridgehead atoms. The van der Waals surface area contributed by atoms with E-state index in [1.165, 1.54) is 0 Å². The first-order valence-corrected chi connectivity index (χ1v) is 6.80. The molecule has 16 nitrogen and oxygen atoms in total. The first kappa shape index (κ1) is 19.2. The van der Waals surface area contributed by atoms with Crippen molar-refractivity contribution >= 4 is 0 Å². The van der Waals surface area contributed by atoms with Crippen LogP contribution in [-0.2, 0) is 0 Å². The molecule has 16 heteroatoms. The van der Waals surface area contributed by atoms with Crippen LogP contribution in [0.2, 0.25) is 0 Å². The number of nitro groups is 4. The molecule has 0 aromatic heterocycles. The molecule has 0 radical (unpaired) electrons. The van der Waals surface area contributed by atoms with Gasteiger partial charge in [0.25, 0.3) is 0 Å². The molecule has 0 saturated carbocycles. The highest BCUT2D eigenvalue weighted by Crippen LogP contribution is 2.24. The smallest absolute Gasteiger partial charge is 0.304 e. The first-order chi connectivity index (χ1) is 11.3. The molecular formula is C8H16N8O8. The standard InChI is InChI=1S/C8H16N8O8/c17-13(18)8(14(19)20)11(15(21)22)5-3-1-2-4-9-6-10-7-12(8)16(23)24/h9-10H,1-7H2. The van der Waals surface area contributed by atoms with Crippen molar-refractivity contribution in [2.75, 3.05) is 26.4 Å². The third-order valence-corrected chi connectivity index (χ3v) is 3.31. The number of nitrogens with one attached hydrogen (secondary N) is 2. The van der Waals surface area contributed by atoms with Gasteiger partial charge < -0.3 is 5.32 Å². The van der Waals surface area contributed by atoms with Gasteiger partial charge in [-0.05, 0) is 19.4 Å². The van der Waals surface area contributed by atoms with Crippen molar-refractivity contribution in [3.8, 4) is 0 Å². The Labute approximate surface area is 133 Å². The fourth-order valence-electron chi connectivity index (χ4n) is 2.22. The Morgan fingerprint density at radius 1 is 0.792 bits per heavy atom. The van der Waals surface area contributed by atoms with E-state index in [9.17, 15) is 40.5 Å². The van der Waals surface area contributed by atoms with Crippen LogP contribution >= 0.6 is 0 Å². The Balaban J connectivity index is 3.44. The summed E-state index contributed by atoms with van der Waals surface area (Å²) in [6, 6.07) is 0. The molecule has 0 aromatic rings. The lowest BCUT2D eigenvalue weighted by molar-refractivity contribution is -0.970. The highest BCUT2D eigenvalue weighted by Gasteiger charge is 2.79. The van der Waals surface area contributed by atoms with Crippen molar-refractivity contribution in [3.05, 3.63) is 40.5 Å². The van der Waals surface area contributed by atoms with E-state index in [0.29, 0.717) is 19.4 Å². The monoisotopic (exact) mass is 352 g/mol. The Hall–Kier alpha value is -2.88. The molecule has 0 aromatic carbocycles. The molecule has 136 valence electrons. The summed E-state index contributed by atoms with van der Waals surface area (Å²) in [6.45, 7) is -1.15. The van der Waals surface area contributed by atoms with E-state index in [1.807, 2.05) is 0 Å². The number of hydrazine groups is 2. The SMILES string of the molecule is O=[N+]([O-])N1CCCCCNCNCN([N+](=O)[O-])C1([N+](=O)[O-])[N+](=O)[O-]. The Morgan fingerprint density at radius 2 is 1.38 bits per heavy atom. The van der Waals surface area contributed by atoms with Crippen molar-refractivity contribution in [2.45, 2.75) is 25.2 Å². The molecular weight excluding hydrogens is 336 g/mol. The highest BCUT2D eigenvalue weighted by atomic mass is 16.7. The molecule has 0 spiro atoms. The fraction of sp³-hybridized carbons (Fsp3) is 1.00. The topological polar surface area (TPSA) is 203 Å². The maximum atomic E-state index is 11.4. The number of nitrogens with zero attached hydrogens (tertiary/aromatic N) is 6. The van der Waals surface area contributed by atoms with Crippen LogP contribution in [0, 0.1) is 40.5 Å². The Morgan fingerprint density at radius 3 is 1.88 bits per heavy atom. The van der Waals surface area contributed by atoms with Crippen LogP contribution in [0.15, 0.2) is 0 Å². The molecule has 2 N–H and O–H groups in total. The molecule has 1 heterocycles. The Kier molecular flexibility index (Phi) is 6.48. The summed E-state index contributed by atoms with van der Waals surface area (Å²) < 4.78 is 0. The third-order valence-electron chi connectivity index (χ3n) is 3.31. The molecule has 0 aliphatic carbocycles. The van der Waals surface area contributed by atoms with E-state index < -0.39 is 44.0 Å². The van der Waals surface area contributed by atoms with Crippen LogP contribution < -0.4 is 10.6 Å². The summed E-state index contributed by atoms with van der Waals surface area (Å²) in [5.74, 6) is -3.88. The lowest BCUT2D eigenvalue weighted by atomic mass is 10.2. The largest absolute Gasteiger partial charge is 0.737 e. The zero-order valence-corrected chi connectivity index (χ0v) is 12.4. The number of hydrogen-bond acceptors (Lipinski definition) is 10. The summed E-state index contributed by atoms with van der Waals surface area (Å²) in [4.78, 5) is 41.9. The van der Waals surface area contributed by atoms with Gasteiger partial charge >= 0.3 is 5.91 Å². The maximum Gasteiger partial charge on any atom is 0.737 e. The van der Waals surface area contributed by atoms with Crippen LogP contribution in [-0.4, -0.2) is 62.3 Å². The summed E-state index contributed by atoms with van der Waals surface area (Å²) in [6.07, 6.45) is 0.989. The Bertz CT molecular complexity index is 470. The van der Waals surface area contributed by atoms with E-state index in [4.69, 9.17) is 0 Å². The third kappa shape index (κ3) is 3.71. The minimum atomic E-state index is -3.88. The highest BCUT2D eigenvalue weighted by molar-refractivity contribution is 4.63. The van der Waals surface area contributed by atoms with Gasteiger partial charge in [0, 0.05) is 11.7 Å². The minimum Gasteiger partial charge on any atom is -0.304 e. The zero-order chi connectivity index (χ0) is 18.3. The zero-order valence-electron chi connectivity index (χ0n) is 12.4. The fourth-order valence-corrected chi connectivity index (χ4v) is 2.22. The molecule has 1 aliphatic rings.